The molecular weight excluding hydrogens is 440 g/mol. The fraction of sp³-hybridized carbons (Fsp3) is 0.207. The minimum atomic E-state index is -0.762. The van der Waals surface area contributed by atoms with E-state index in [-0.39, 0.29) is 5.57 Å². The maximum absolute atomic E-state index is 13.2. The molecule has 0 radical (unpaired) electrons. The molecule has 1 heterocycles. The van der Waals surface area contributed by atoms with Gasteiger partial charge in [0.25, 0.3) is 11.8 Å². The van der Waals surface area contributed by atoms with Gasteiger partial charge in [0.1, 0.15) is 11.3 Å². The summed E-state index contributed by atoms with van der Waals surface area (Å²) in [4.78, 5) is 39.3. The number of aryl methyl sites for hydroxylation is 4. The highest BCUT2D eigenvalue weighted by Gasteiger charge is 2.36. The van der Waals surface area contributed by atoms with E-state index >= 15 is 0 Å². The highest BCUT2D eigenvalue weighted by Crippen LogP contribution is 2.27. The summed E-state index contributed by atoms with van der Waals surface area (Å²) in [5.41, 5.74) is 7.46. The molecule has 4 rings (SSSR count). The largest absolute Gasteiger partial charge is 0.496 e. The number of nitrogens with zero attached hydrogens (tertiary/aromatic N) is 1. The number of ether oxygens (including phenoxy) is 1. The number of rotatable bonds is 5. The number of amides is 4. The Kier molecular flexibility index (Phi) is 6.56. The SMILES string of the molecule is COc1cc(/C=C2\C(=O)NC(=O)N(c3ccc(C)c(C)c3)C2=O)ccc1Cc1cc(C)cc(C)c1. The van der Waals surface area contributed by atoms with Gasteiger partial charge in [-0.25, -0.2) is 9.69 Å². The lowest BCUT2D eigenvalue weighted by atomic mass is 9.98. The molecule has 3 aromatic carbocycles. The van der Waals surface area contributed by atoms with Crippen LogP contribution in [0.3, 0.4) is 0 Å². The third kappa shape index (κ3) is 5.01. The molecule has 178 valence electrons. The van der Waals surface area contributed by atoms with E-state index in [9.17, 15) is 14.4 Å². The van der Waals surface area contributed by atoms with Crippen molar-refractivity contribution in [1.82, 2.24) is 5.32 Å². The molecule has 0 bridgehead atoms. The second kappa shape index (κ2) is 9.58. The van der Waals surface area contributed by atoms with E-state index in [1.165, 1.54) is 22.8 Å². The monoisotopic (exact) mass is 468 g/mol. The van der Waals surface area contributed by atoms with Gasteiger partial charge < -0.3 is 4.74 Å². The minimum absolute atomic E-state index is 0.119. The van der Waals surface area contributed by atoms with Crippen LogP contribution in [0.5, 0.6) is 5.75 Å². The van der Waals surface area contributed by atoms with E-state index in [4.69, 9.17) is 4.74 Å². The molecule has 1 fully saturated rings. The van der Waals surface area contributed by atoms with Crippen LogP contribution in [0.15, 0.2) is 60.2 Å². The first-order valence-electron chi connectivity index (χ1n) is 11.4. The van der Waals surface area contributed by atoms with Crippen LogP contribution in [0.1, 0.15) is 38.9 Å². The Labute approximate surface area is 205 Å². The number of carbonyl (C=O) groups excluding carboxylic acids is 3. The maximum Gasteiger partial charge on any atom is 0.335 e. The van der Waals surface area contributed by atoms with E-state index in [2.05, 4.69) is 37.4 Å². The van der Waals surface area contributed by atoms with Crippen molar-refractivity contribution < 1.29 is 19.1 Å². The van der Waals surface area contributed by atoms with Crippen LogP contribution in [-0.2, 0) is 16.0 Å². The van der Waals surface area contributed by atoms with E-state index in [1.54, 1.807) is 25.3 Å². The van der Waals surface area contributed by atoms with Gasteiger partial charge in [-0.3, -0.25) is 14.9 Å². The second-order valence-corrected chi connectivity index (χ2v) is 8.97. The van der Waals surface area contributed by atoms with Crippen molar-refractivity contribution in [2.75, 3.05) is 12.0 Å². The van der Waals surface area contributed by atoms with Crippen molar-refractivity contribution in [3.63, 3.8) is 0 Å². The molecule has 6 nitrogen and oxygen atoms in total. The Morgan fingerprint density at radius 2 is 1.57 bits per heavy atom. The summed E-state index contributed by atoms with van der Waals surface area (Å²) in [6.45, 7) is 7.99. The van der Waals surface area contributed by atoms with Crippen molar-refractivity contribution in [2.45, 2.75) is 34.1 Å². The molecule has 35 heavy (non-hydrogen) atoms. The molecular formula is C29H28N2O4. The van der Waals surface area contributed by atoms with Crippen molar-refractivity contribution >= 4 is 29.6 Å². The Morgan fingerprint density at radius 3 is 2.23 bits per heavy atom. The fourth-order valence-corrected chi connectivity index (χ4v) is 4.31. The Balaban J connectivity index is 1.66. The highest BCUT2D eigenvalue weighted by atomic mass is 16.5. The molecule has 0 aromatic heterocycles. The zero-order chi connectivity index (χ0) is 25.3. The van der Waals surface area contributed by atoms with Gasteiger partial charge in [0.2, 0.25) is 0 Å². The minimum Gasteiger partial charge on any atom is -0.496 e. The van der Waals surface area contributed by atoms with Gasteiger partial charge in [0.05, 0.1) is 12.8 Å². The molecule has 1 saturated heterocycles. The van der Waals surface area contributed by atoms with Crippen LogP contribution >= 0.6 is 0 Å². The van der Waals surface area contributed by atoms with Crippen molar-refractivity contribution in [3.05, 3.63) is 99.1 Å². The number of benzene rings is 3. The maximum atomic E-state index is 13.2. The number of nitrogens with one attached hydrogen (secondary N) is 1. The zero-order valence-corrected chi connectivity index (χ0v) is 20.6. The van der Waals surface area contributed by atoms with E-state index in [0.29, 0.717) is 23.4 Å². The molecule has 0 aliphatic carbocycles. The van der Waals surface area contributed by atoms with Gasteiger partial charge in [0, 0.05) is 6.42 Å². The first-order valence-corrected chi connectivity index (χ1v) is 11.4. The summed E-state index contributed by atoms with van der Waals surface area (Å²) in [5.74, 6) is -0.733. The summed E-state index contributed by atoms with van der Waals surface area (Å²) in [6.07, 6.45) is 2.18. The Morgan fingerprint density at radius 1 is 0.857 bits per heavy atom. The van der Waals surface area contributed by atoms with Gasteiger partial charge in [0.15, 0.2) is 0 Å². The van der Waals surface area contributed by atoms with Crippen LogP contribution in [0.25, 0.3) is 6.08 Å². The van der Waals surface area contributed by atoms with Gasteiger partial charge in [-0.05, 0) is 79.8 Å². The van der Waals surface area contributed by atoms with Crippen molar-refractivity contribution in [3.8, 4) is 5.75 Å². The second-order valence-electron chi connectivity index (χ2n) is 8.97. The zero-order valence-electron chi connectivity index (χ0n) is 20.6. The topological polar surface area (TPSA) is 75.7 Å². The molecule has 6 heteroatoms. The third-order valence-electron chi connectivity index (χ3n) is 6.15. The van der Waals surface area contributed by atoms with Crippen LogP contribution in [0.2, 0.25) is 0 Å². The number of hydrogen-bond acceptors (Lipinski definition) is 4. The summed E-state index contributed by atoms with van der Waals surface area (Å²) in [7, 11) is 1.59. The van der Waals surface area contributed by atoms with Crippen LogP contribution in [0.4, 0.5) is 10.5 Å². The lowest BCUT2D eigenvalue weighted by molar-refractivity contribution is -0.122. The Hall–Kier alpha value is -4.19. The Bertz CT molecular complexity index is 1370. The molecule has 0 atom stereocenters. The van der Waals surface area contributed by atoms with E-state index < -0.39 is 17.8 Å². The molecule has 1 aliphatic rings. The summed E-state index contributed by atoms with van der Waals surface area (Å²) in [5, 5.41) is 2.27. The summed E-state index contributed by atoms with van der Waals surface area (Å²) in [6, 6.07) is 16.5. The smallest absolute Gasteiger partial charge is 0.335 e. The number of anilines is 1. The standard InChI is InChI=1S/C29H28N2O4/c1-17-10-18(2)12-22(11-17)14-23-8-7-21(16-26(23)35-5)15-25-27(32)30-29(34)31(28(25)33)24-9-6-19(3)20(4)13-24/h6-13,15-16H,14H2,1-5H3,(H,30,32,34)/b25-15+. The van der Waals surface area contributed by atoms with Gasteiger partial charge >= 0.3 is 6.03 Å². The van der Waals surface area contributed by atoms with Crippen LogP contribution in [-0.4, -0.2) is 25.0 Å². The predicted octanol–water partition coefficient (Wildman–Crippen LogP) is 5.19. The number of hydrogen-bond donors (Lipinski definition) is 1. The molecule has 4 amide bonds. The van der Waals surface area contributed by atoms with Crippen molar-refractivity contribution in [2.24, 2.45) is 0 Å². The predicted molar refractivity (Wildman–Crippen MR) is 137 cm³/mol. The van der Waals surface area contributed by atoms with Gasteiger partial charge in [-0.15, -0.1) is 0 Å². The highest BCUT2D eigenvalue weighted by molar-refractivity contribution is 6.39. The normalized spacial score (nSPS) is 14.9. The lowest BCUT2D eigenvalue weighted by Gasteiger charge is -2.27. The number of barbiturate groups is 1. The first-order chi connectivity index (χ1) is 16.7. The van der Waals surface area contributed by atoms with Crippen LogP contribution in [0, 0.1) is 27.7 Å². The molecule has 0 spiro atoms. The molecule has 1 N–H and O–H groups in total. The summed E-state index contributed by atoms with van der Waals surface area (Å²) < 4.78 is 5.61. The van der Waals surface area contributed by atoms with Crippen LogP contribution < -0.4 is 15.0 Å². The molecule has 1 aliphatic heterocycles. The number of imide groups is 2. The van der Waals surface area contributed by atoms with E-state index in [0.717, 1.165) is 21.6 Å². The molecule has 0 saturated carbocycles. The fourth-order valence-electron chi connectivity index (χ4n) is 4.31. The van der Waals surface area contributed by atoms with Crippen molar-refractivity contribution in [1.29, 1.82) is 0 Å². The average Bonchev–Trinajstić information content (AvgIpc) is 2.79. The average molecular weight is 469 g/mol. The van der Waals surface area contributed by atoms with Gasteiger partial charge in [-0.2, -0.15) is 0 Å². The molecule has 3 aromatic rings. The summed E-state index contributed by atoms with van der Waals surface area (Å²) >= 11 is 0. The quantitative estimate of drug-likeness (QED) is 0.413. The number of urea groups is 1. The third-order valence-corrected chi connectivity index (χ3v) is 6.15. The lowest BCUT2D eigenvalue weighted by Crippen LogP contribution is -2.54. The first kappa shape index (κ1) is 24.0. The number of methoxy groups -OCH3 is 1. The molecule has 0 unspecified atom stereocenters. The number of carbonyl (C=O) groups is 3. The van der Waals surface area contributed by atoms with E-state index in [1.807, 2.05) is 32.0 Å². The van der Waals surface area contributed by atoms with Gasteiger partial charge in [-0.1, -0.05) is 47.5 Å².